The van der Waals surface area contributed by atoms with Gasteiger partial charge in [0, 0.05) is 11.1 Å². The average molecular weight is 387 g/mol. The number of amides is 1. The van der Waals surface area contributed by atoms with Gasteiger partial charge in [-0.1, -0.05) is 31.2 Å². The number of benzene rings is 2. The summed E-state index contributed by atoms with van der Waals surface area (Å²) in [6.45, 7) is 9.71. The van der Waals surface area contributed by atoms with Crippen LogP contribution in [0.2, 0.25) is 0 Å². The zero-order chi connectivity index (χ0) is 20.1. The molecule has 6 heteroatoms. The van der Waals surface area contributed by atoms with E-state index in [1.54, 1.807) is 54.6 Å². The predicted octanol–water partition coefficient (Wildman–Crippen LogP) is 3.99. The van der Waals surface area contributed by atoms with Gasteiger partial charge in [0.05, 0.1) is 17.1 Å². The van der Waals surface area contributed by atoms with Gasteiger partial charge in [0.2, 0.25) is 0 Å². The van der Waals surface area contributed by atoms with E-state index in [9.17, 15) is 13.2 Å². The van der Waals surface area contributed by atoms with E-state index in [1.165, 1.54) is 10.4 Å². The minimum absolute atomic E-state index is 0.131. The van der Waals surface area contributed by atoms with Gasteiger partial charge in [0.1, 0.15) is 0 Å². The Bertz CT molecular complexity index is 889. The zero-order valence-electron chi connectivity index (χ0n) is 16.0. The molecule has 0 unspecified atom stereocenters. The second kappa shape index (κ2) is 8.39. The van der Waals surface area contributed by atoms with Crippen molar-refractivity contribution in [3.05, 3.63) is 72.8 Å². The second-order valence-electron chi connectivity index (χ2n) is 6.88. The number of nitrogens with zero attached hydrogens (tertiary/aromatic N) is 1. The molecule has 2 aromatic rings. The topological polar surface area (TPSA) is 66.5 Å². The Hall–Kier alpha value is -2.60. The molecule has 0 heterocycles. The van der Waals surface area contributed by atoms with Gasteiger partial charge in [-0.2, -0.15) is 0 Å². The fraction of sp³-hybridized carbons (Fsp3) is 0.286. The normalized spacial score (nSPS) is 11.7. The van der Waals surface area contributed by atoms with Gasteiger partial charge in [-0.25, -0.2) is 8.42 Å². The Morgan fingerprint density at radius 3 is 2.22 bits per heavy atom. The monoisotopic (exact) mass is 386 g/mol. The van der Waals surface area contributed by atoms with Gasteiger partial charge in [-0.15, -0.1) is 6.58 Å². The first-order chi connectivity index (χ1) is 12.7. The van der Waals surface area contributed by atoms with Crippen LogP contribution in [0.4, 0.5) is 5.69 Å². The van der Waals surface area contributed by atoms with E-state index in [0.29, 0.717) is 11.3 Å². The molecule has 2 rings (SSSR count). The third-order valence-corrected chi connectivity index (χ3v) is 6.19. The molecular weight excluding hydrogens is 360 g/mol. The van der Waals surface area contributed by atoms with Crippen LogP contribution in [0.5, 0.6) is 0 Å². The molecule has 0 aliphatic rings. The highest BCUT2D eigenvalue weighted by Gasteiger charge is 2.24. The van der Waals surface area contributed by atoms with Crippen molar-refractivity contribution < 1.29 is 13.2 Å². The number of hydrogen-bond donors (Lipinski definition) is 1. The molecule has 0 radical (unpaired) electrons. The maximum absolute atomic E-state index is 13.0. The van der Waals surface area contributed by atoms with Crippen LogP contribution in [-0.2, 0) is 10.0 Å². The molecule has 0 aliphatic heterocycles. The van der Waals surface area contributed by atoms with Crippen molar-refractivity contribution in [1.29, 1.82) is 0 Å². The second-order valence-corrected chi connectivity index (χ2v) is 8.74. The van der Waals surface area contributed by atoms with Crippen LogP contribution < -0.4 is 9.62 Å². The van der Waals surface area contributed by atoms with Crippen LogP contribution in [0.25, 0.3) is 0 Å². The molecule has 0 aliphatic carbocycles. The van der Waals surface area contributed by atoms with Crippen LogP contribution >= 0.6 is 0 Å². The summed E-state index contributed by atoms with van der Waals surface area (Å²) in [5.74, 6) is -0.186. The summed E-state index contributed by atoms with van der Waals surface area (Å²) in [7, 11) is -3.72. The minimum Gasteiger partial charge on any atom is -0.347 e. The van der Waals surface area contributed by atoms with E-state index >= 15 is 0 Å². The van der Waals surface area contributed by atoms with Gasteiger partial charge >= 0.3 is 0 Å². The van der Waals surface area contributed by atoms with Gasteiger partial charge in [-0.05, 0) is 56.7 Å². The van der Waals surface area contributed by atoms with Crippen molar-refractivity contribution in [2.24, 2.45) is 0 Å². The molecule has 0 saturated heterocycles. The Kier molecular flexibility index (Phi) is 6.44. The number of anilines is 1. The van der Waals surface area contributed by atoms with E-state index in [2.05, 4.69) is 11.9 Å². The van der Waals surface area contributed by atoms with Crippen molar-refractivity contribution in [3.63, 3.8) is 0 Å². The third-order valence-electron chi connectivity index (χ3n) is 4.38. The van der Waals surface area contributed by atoms with Gasteiger partial charge in [0.15, 0.2) is 0 Å². The molecule has 0 atom stereocenters. The highest BCUT2D eigenvalue weighted by Crippen LogP contribution is 2.24. The molecule has 1 N–H and O–H groups in total. The van der Waals surface area contributed by atoms with Crippen molar-refractivity contribution in [2.75, 3.05) is 10.8 Å². The average Bonchev–Trinajstić information content (AvgIpc) is 2.66. The van der Waals surface area contributed by atoms with Crippen LogP contribution in [0.3, 0.4) is 0 Å². The highest BCUT2D eigenvalue weighted by molar-refractivity contribution is 7.92. The summed E-state index contributed by atoms with van der Waals surface area (Å²) < 4.78 is 27.2. The smallest absolute Gasteiger partial charge is 0.264 e. The van der Waals surface area contributed by atoms with Gasteiger partial charge in [-0.3, -0.25) is 9.10 Å². The molecule has 0 saturated carbocycles. The first-order valence-electron chi connectivity index (χ1n) is 8.82. The van der Waals surface area contributed by atoms with Crippen LogP contribution in [0.15, 0.2) is 72.1 Å². The largest absolute Gasteiger partial charge is 0.347 e. The van der Waals surface area contributed by atoms with Gasteiger partial charge < -0.3 is 5.32 Å². The summed E-state index contributed by atoms with van der Waals surface area (Å²) in [4.78, 5) is 12.6. The summed E-state index contributed by atoms with van der Waals surface area (Å²) in [6, 6.07) is 14.8. The number of carbonyl (C=O) groups is 1. The zero-order valence-corrected chi connectivity index (χ0v) is 16.8. The maximum atomic E-state index is 13.0. The van der Waals surface area contributed by atoms with E-state index in [0.717, 1.165) is 6.42 Å². The van der Waals surface area contributed by atoms with Crippen LogP contribution in [0.1, 0.15) is 37.6 Å². The fourth-order valence-electron chi connectivity index (χ4n) is 2.43. The molecule has 5 nitrogen and oxygen atoms in total. The number of hydrogen-bond acceptors (Lipinski definition) is 3. The molecule has 0 fully saturated rings. The van der Waals surface area contributed by atoms with E-state index in [4.69, 9.17) is 0 Å². The summed E-state index contributed by atoms with van der Waals surface area (Å²) >= 11 is 0. The molecule has 27 heavy (non-hydrogen) atoms. The predicted molar refractivity (Wildman–Crippen MR) is 109 cm³/mol. The fourth-order valence-corrected chi connectivity index (χ4v) is 3.88. The summed E-state index contributed by atoms with van der Waals surface area (Å²) in [5.41, 5.74) is 0.655. The lowest BCUT2D eigenvalue weighted by Gasteiger charge is -2.25. The summed E-state index contributed by atoms with van der Waals surface area (Å²) in [5, 5.41) is 2.97. The number of carbonyl (C=O) groups excluding carboxylic acids is 1. The Morgan fingerprint density at radius 1 is 1.11 bits per heavy atom. The SMILES string of the molecule is C=CCN(c1ccc(C(=O)NC(C)(C)CC)cc1)S(=O)(=O)c1ccccc1. The number of nitrogens with one attached hydrogen (secondary N) is 1. The first kappa shape index (κ1) is 20.7. The molecule has 0 bridgehead atoms. The molecular formula is C21H26N2O3S. The standard InChI is InChI=1S/C21H26N2O3S/c1-5-16-23(27(25,26)19-10-8-7-9-11-19)18-14-12-17(13-15-18)20(24)22-21(3,4)6-2/h5,7-15H,1,6,16H2,2-4H3,(H,22,24). The molecule has 2 aromatic carbocycles. The lowest BCUT2D eigenvalue weighted by molar-refractivity contribution is 0.0911. The molecule has 0 aromatic heterocycles. The quantitative estimate of drug-likeness (QED) is 0.698. The van der Waals surface area contributed by atoms with E-state index < -0.39 is 10.0 Å². The van der Waals surface area contributed by atoms with E-state index in [-0.39, 0.29) is 22.9 Å². The van der Waals surface area contributed by atoms with Crippen molar-refractivity contribution in [1.82, 2.24) is 5.32 Å². The van der Waals surface area contributed by atoms with Crippen molar-refractivity contribution in [3.8, 4) is 0 Å². The Morgan fingerprint density at radius 2 is 1.70 bits per heavy atom. The Labute approximate surface area is 161 Å². The Balaban J connectivity index is 2.32. The first-order valence-corrected chi connectivity index (χ1v) is 10.3. The highest BCUT2D eigenvalue weighted by atomic mass is 32.2. The maximum Gasteiger partial charge on any atom is 0.264 e. The number of sulfonamides is 1. The van der Waals surface area contributed by atoms with Gasteiger partial charge in [0.25, 0.3) is 15.9 Å². The minimum atomic E-state index is -3.72. The van der Waals surface area contributed by atoms with E-state index in [1.807, 2.05) is 20.8 Å². The van der Waals surface area contributed by atoms with Crippen molar-refractivity contribution in [2.45, 2.75) is 37.6 Å². The lowest BCUT2D eigenvalue weighted by atomic mass is 10.0. The van der Waals surface area contributed by atoms with Crippen LogP contribution in [-0.4, -0.2) is 26.4 Å². The third kappa shape index (κ3) is 4.98. The molecule has 144 valence electrons. The van der Waals surface area contributed by atoms with Crippen LogP contribution in [0, 0.1) is 0 Å². The summed E-state index contributed by atoms with van der Waals surface area (Å²) in [6.07, 6.45) is 2.34. The number of rotatable bonds is 8. The molecule has 0 spiro atoms. The molecule has 1 amide bonds. The van der Waals surface area contributed by atoms with Crippen molar-refractivity contribution >= 4 is 21.6 Å². The lowest BCUT2D eigenvalue weighted by Crippen LogP contribution is -2.42.